The van der Waals surface area contributed by atoms with Gasteiger partial charge < -0.3 is 25.2 Å². The Bertz CT molecular complexity index is 797. The maximum atomic E-state index is 12.2. The SMILES string of the molecule is CCCCCCCCCCCCCCCCCC(=O)NC(COP(=O)(O)OCC(O)COC(=O)CCCCCCCC)C(=O)O. The van der Waals surface area contributed by atoms with Crippen LogP contribution in [0.1, 0.15) is 162 Å². The van der Waals surface area contributed by atoms with E-state index in [-0.39, 0.29) is 12.8 Å². The lowest BCUT2D eigenvalue weighted by Crippen LogP contribution is -2.43. The number of carboxylic acids is 1. The minimum absolute atomic E-state index is 0.152. The van der Waals surface area contributed by atoms with Crippen LogP contribution in [0.25, 0.3) is 0 Å². The standard InChI is InChI=1S/C33H64NO10P/c1-3-5-7-9-11-12-13-14-15-16-17-18-19-20-22-24-31(36)34-30(33(38)39)28-44-45(40,41)43-27-29(35)26-42-32(37)25-23-21-10-8-6-4-2/h29-30,35H,3-28H2,1-2H3,(H,34,36)(H,38,39)(H,40,41). The van der Waals surface area contributed by atoms with Gasteiger partial charge in [0.2, 0.25) is 5.91 Å². The lowest BCUT2D eigenvalue weighted by molar-refractivity contribution is -0.147. The smallest absolute Gasteiger partial charge is 0.472 e. The van der Waals surface area contributed by atoms with Gasteiger partial charge in [-0.2, -0.15) is 0 Å². The molecule has 12 heteroatoms. The van der Waals surface area contributed by atoms with E-state index in [2.05, 4.69) is 19.2 Å². The minimum Gasteiger partial charge on any atom is -0.480 e. The number of aliphatic hydroxyl groups is 1. The third-order valence-corrected chi connectivity index (χ3v) is 8.60. The summed E-state index contributed by atoms with van der Waals surface area (Å²) < 4.78 is 26.5. The maximum Gasteiger partial charge on any atom is 0.472 e. The van der Waals surface area contributed by atoms with Crippen LogP contribution < -0.4 is 5.32 Å². The summed E-state index contributed by atoms with van der Waals surface area (Å²) in [7, 11) is -4.73. The van der Waals surface area contributed by atoms with Crippen LogP contribution in [0.5, 0.6) is 0 Å². The zero-order chi connectivity index (χ0) is 33.6. The van der Waals surface area contributed by atoms with Gasteiger partial charge in [0.1, 0.15) is 12.7 Å². The number of nitrogens with one attached hydrogen (secondary N) is 1. The van der Waals surface area contributed by atoms with Crippen LogP contribution in [0.15, 0.2) is 0 Å². The van der Waals surface area contributed by atoms with E-state index >= 15 is 0 Å². The number of unbranched alkanes of at least 4 members (excludes halogenated alkanes) is 19. The quantitative estimate of drug-likeness (QED) is 0.0311. The Morgan fingerprint density at radius 1 is 0.622 bits per heavy atom. The minimum atomic E-state index is -4.73. The number of carbonyl (C=O) groups is 3. The van der Waals surface area contributed by atoms with Crippen LogP contribution in [0.2, 0.25) is 0 Å². The van der Waals surface area contributed by atoms with Crippen LogP contribution in [0, 0.1) is 0 Å². The average Bonchev–Trinajstić information content (AvgIpc) is 3.00. The largest absolute Gasteiger partial charge is 0.480 e. The molecule has 0 heterocycles. The molecule has 0 saturated carbocycles. The predicted molar refractivity (Wildman–Crippen MR) is 176 cm³/mol. The van der Waals surface area contributed by atoms with Crippen molar-refractivity contribution < 1.29 is 47.8 Å². The lowest BCUT2D eigenvalue weighted by Gasteiger charge is -2.18. The number of aliphatic carboxylic acids is 1. The third-order valence-electron chi connectivity index (χ3n) is 7.65. The van der Waals surface area contributed by atoms with Crippen LogP contribution in [-0.4, -0.2) is 64.9 Å². The van der Waals surface area contributed by atoms with Crippen molar-refractivity contribution in [2.75, 3.05) is 19.8 Å². The van der Waals surface area contributed by atoms with Crippen molar-refractivity contribution in [1.29, 1.82) is 0 Å². The molecule has 0 aliphatic rings. The number of rotatable bonds is 33. The molecule has 3 unspecified atom stereocenters. The van der Waals surface area contributed by atoms with E-state index in [1.807, 2.05) is 0 Å². The van der Waals surface area contributed by atoms with Gasteiger partial charge in [0.05, 0.1) is 13.2 Å². The molecule has 0 aliphatic carbocycles. The second kappa shape index (κ2) is 29.9. The highest BCUT2D eigenvalue weighted by Gasteiger charge is 2.28. The second-order valence-corrected chi connectivity index (χ2v) is 13.5. The number of aliphatic hydroxyl groups excluding tert-OH is 1. The van der Waals surface area contributed by atoms with Crippen LogP contribution in [0.4, 0.5) is 0 Å². The van der Waals surface area contributed by atoms with Crippen molar-refractivity contribution in [3.63, 3.8) is 0 Å². The molecule has 0 radical (unpaired) electrons. The van der Waals surface area contributed by atoms with E-state index in [1.54, 1.807) is 0 Å². The van der Waals surface area contributed by atoms with Crippen molar-refractivity contribution in [2.45, 2.75) is 174 Å². The molecule has 0 aromatic heterocycles. The molecule has 0 spiro atoms. The highest BCUT2D eigenvalue weighted by Crippen LogP contribution is 2.43. The van der Waals surface area contributed by atoms with Gasteiger partial charge in [-0.3, -0.25) is 18.6 Å². The fourth-order valence-electron chi connectivity index (χ4n) is 4.84. The molecule has 0 aromatic carbocycles. The monoisotopic (exact) mass is 665 g/mol. The van der Waals surface area contributed by atoms with E-state index in [0.717, 1.165) is 44.9 Å². The summed E-state index contributed by atoms with van der Waals surface area (Å²) in [5.74, 6) is -2.37. The first-order valence-corrected chi connectivity index (χ1v) is 19.1. The van der Waals surface area contributed by atoms with Gasteiger partial charge in [0, 0.05) is 12.8 Å². The van der Waals surface area contributed by atoms with E-state index in [1.165, 1.54) is 77.0 Å². The highest BCUT2D eigenvalue weighted by molar-refractivity contribution is 7.47. The van der Waals surface area contributed by atoms with E-state index in [4.69, 9.17) is 13.8 Å². The Kier molecular flexibility index (Phi) is 28.8. The zero-order valence-corrected chi connectivity index (χ0v) is 29.1. The van der Waals surface area contributed by atoms with Crippen molar-refractivity contribution in [3.8, 4) is 0 Å². The number of phosphoric ester groups is 1. The van der Waals surface area contributed by atoms with Gasteiger partial charge in [-0.15, -0.1) is 0 Å². The molecular formula is C33H64NO10P. The first-order chi connectivity index (χ1) is 21.6. The summed E-state index contributed by atoms with van der Waals surface area (Å²) in [4.78, 5) is 45.4. The van der Waals surface area contributed by atoms with Crippen molar-refractivity contribution in [3.05, 3.63) is 0 Å². The highest BCUT2D eigenvalue weighted by atomic mass is 31.2. The summed E-state index contributed by atoms with van der Waals surface area (Å²) in [6.07, 6.45) is 23.1. The fourth-order valence-corrected chi connectivity index (χ4v) is 5.62. The van der Waals surface area contributed by atoms with E-state index in [9.17, 15) is 34.1 Å². The zero-order valence-electron chi connectivity index (χ0n) is 28.2. The van der Waals surface area contributed by atoms with Gasteiger partial charge in [-0.1, -0.05) is 136 Å². The number of amides is 1. The Balaban J connectivity index is 3.97. The molecule has 1 amide bonds. The maximum absolute atomic E-state index is 12.2. The summed E-state index contributed by atoms with van der Waals surface area (Å²) in [6.45, 7) is 2.49. The second-order valence-electron chi connectivity index (χ2n) is 12.1. The number of hydrogen-bond acceptors (Lipinski definition) is 8. The Morgan fingerprint density at radius 2 is 1.02 bits per heavy atom. The van der Waals surface area contributed by atoms with E-state index < -0.39 is 57.6 Å². The fraction of sp³-hybridized carbons (Fsp3) is 0.909. The van der Waals surface area contributed by atoms with Crippen molar-refractivity contribution in [1.82, 2.24) is 5.32 Å². The van der Waals surface area contributed by atoms with Crippen molar-refractivity contribution >= 4 is 25.7 Å². The third kappa shape index (κ3) is 29.6. The topological polar surface area (TPSA) is 169 Å². The molecular weight excluding hydrogens is 601 g/mol. The number of esters is 1. The van der Waals surface area contributed by atoms with Gasteiger partial charge in [-0.25, -0.2) is 9.36 Å². The molecule has 0 saturated heterocycles. The predicted octanol–water partition coefficient (Wildman–Crippen LogP) is 7.61. The number of ether oxygens (including phenoxy) is 1. The van der Waals surface area contributed by atoms with Gasteiger partial charge >= 0.3 is 19.8 Å². The van der Waals surface area contributed by atoms with Gasteiger partial charge in [0.25, 0.3) is 0 Å². The summed E-state index contributed by atoms with van der Waals surface area (Å²) in [5.41, 5.74) is 0. The van der Waals surface area contributed by atoms with Crippen LogP contribution in [-0.2, 0) is 32.7 Å². The summed E-state index contributed by atoms with van der Waals surface area (Å²) in [6, 6.07) is -1.54. The molecule has 11 nitrogen and oxygen atoms in total. The summed E-state index contributed by atoms with van der Waals surface area (Å²) >= 11 is 0. The van der Waals surface area contributed by atoms with Gasteiger partial charge in [-0.05, 0) is 12.8 Å². The number of phosphoric acid groups is 1. The molecule has 266 valence electrons. The van der Waals surface area contributed by atoms with Gasteiger partial charge in [0.15, 0.2) is 6.04 Å². The average molecular weight is 666 g/mol. The molecule has 0 aliphatic heterocycles. The number of hydrogen-bond donors (Lipinski definition) is 4. The Hall–Kier alpha value is -1.52. The Labute approximate surface area is 272 Å². The molecule has 0 aromatic rings. The summed E-state index contributed by atoms with van der Waals surface area (Å²) in [5, 5.41) is 21.6. The first-order valence-electron chi connectivity index (χ1n) is 17.6. The Morgan fingerprint density at radius 3 is 1.47 bits per heavy atom. The molecule has 0 bridgehead atoms. The van der Waals surface area contributed by atoms with Crippen molar-refractivity contribution in [2.24, 2.45) is 0 Å². The normalized spacial score (nSPS) is 14.0. The number of carboxylic acid groups (broad SMARTS) is 1. The lowest BCUT2D eigenvalue weighted by atomic mass is 10.0. The number of carbonyl (C=O) groups excluding carboxylic acids is 2. The molecule has 4 N–H and O–H groups in total. The molecule has 0 fully saturated rings. The first kappa shape index (κ1) is 43.5. The molecule has 0 rings (SSSR count). The van der Waals surface area contributed by atoms with Crippen LogP contribution >= 0.6 is 7.82 Å². The van der Waals surface area contributed by atoms with E-state index in [0.29, 0.717) is 12.8 Å². The molecule has 45 heavy (non-hydrogen) atoms. The van der Waals surface area contributed by atoms with Crippen LogP contribution in [0.3, 0.4) is 0 Å². The molecule has 3 atom stereocenters.